The Hall–Kier alpha value is -2.69. The van der Waals surface area contributed by atoms with Crippen LogP contribution in [0.25, 0.3) is 22.2 Å². The highest BCUT2D eigenvalue weighted by Crippen LogP contribution is 2.30. The van der Waals surface area contributed by atoms with Crippen LogP contribution in [-0.4, -0.2) is 10.1 Å². The van der Waals surface area contributed by atoms with Crippen LogP contribution in [0.5, 0.6) is 0 Å². The summed E-state index contributed by atoms with van der Waals surface area (Å²) >= 11 is 0. The molecule has 0 aliphatic rings. The molecule has 0 aliphatic heterocycles. The van der Waals surface area contributed by atoms with E-state index in [9.17, 15) is 10.1 Å². The Morgan fingerprint density at radius 3 is 2.61 bits per heavy atom. The van der Waals surface area contributed by atoms with Gasteiger partial charge in [0.1, 0.15) is 5.52 Å². The highest BCUT2D eigenvalue weighted by Gasteiger charge is 2.14. The fraction of sp³-hybridized carbons (Fsp3) is 0. The van der Waals surface area contributed by atoms with Gasteiger partial charge in [-0.1, -0.05) is 35.5 Å². The molecule has 0 saturated heterocycles. The first-order valence-corrected chi connectivity index (χ1v) is 5.35. The van der Waals surface area contributed by atoms with Crippen LogP contribution in [-0.2, 0) is 0 Å². The largest absolute Gasteiger partial charge is 0.355 e. The molecule has 3 rings (SSSR count). The topological polar surface area (TPSA) is 69.2 Å². The van der Waals surface area contributed by atoms with Gasteiger partial charge in [-0.3, -0.25) is 10.1 Å². The summed E-state index contributed by atoms with van der Waals surface area (Å²) in [6.45, 7) is 0. The lowest BCUT2D eigenvalue weighted by atomic mass is 10.1. The van der Waals surface area contributed by atoms with Gasteiger partial charge in [-0.2, -0.15) is 0 Å². The van der Waals surface area contributed by atoms with Crippen LogP contribution < -0.4 is 0 Å². The van der Waals surface area contributed by atoms with E-state index < -0.39 is 4.92 Å². The van der Waals surface area contributed by atoms with Gasteiger partial charge in [0.25, 0.3) is 5.69 Å². The van der Waals surface area contributed by atoms with Gasteiger partial charge in [0, 0.05) is 17.7 Å². The average molecular weight is 240 g/mol. The molecule has 5 nitrogen and oxygen atoms in total. The second kappa shape index (κ2) is 3.96. The van der Waals surface area contributed by atoms with Crippen LogP contribution in [0.1, 0.15) is 0 Å². The number of nitro benzene ring substituents is 1. The molecule has 0 amide bonds. The van der Waals surface area contributed by atoms with Crippen LogP contribution in [0.2, 0.25) is 0 Å². The molecule has 0 N–H and O–H groups in total. The Balaban J connectivity index is 2.19. The molecule has 0 radical (unpaired) electrons. The van der Waals surface area contributed by atoms with E-state index in [1.807, 2.05) is 30.3 Å². The highest BCUT2D eigenvalue weighted by molar-refractivity contribution is 5.92. The van der Waals surface area contributed by atoms with E-state index >= 15 is 0 Å². The Kier molecular flexibility index (Phi) is 2.30. The van der Waals surface area contributed by atoms with Crippen molar-refractivity contribution in [3.05, 3.63) is 58.6 Å². The van der Waals surface area contributed by atoms with Crippen LogP contribution in [0, 0.1) is 10.1 Å². The standard InChI is InChI=1S/C13H8N2O3/c16-15(17)10-6-7-11-12(8-10)14-18-13(11)9-4-2-1-3-5-9/h1-8H. The molecule has 2 aromatic carbocycles. The van der Waals surface area contributed by atoms with Crippen LogP contribution >= 0.6 is 0 Å². The Morgan fingerprint density at radius 1 is 1.11 bits per heavy atom. The van der Waals surface area contributed by atoms with Gasteiger partial charge in [0.05, 0.1) is 10.3 Å². The maximum absolute atomic E-state index is 10.7. The number of rotatable bonds is 2. The number of fused-ring (bicyclic) bond motifs is 1. The first-order chi connectivity index (χ1) is 8.75. The molecule has 0 unspecified atom stereocenters. The zero-order chi connectivity index (χ0) is 12.5. The van der Waals surface area contributed by atoms with Crippen molar-refractivity contribution < 1.29 is 9.45 Å². The van der Waals surface area contributed by atoms with Gasteiger partial charge in [-0.25, -0.2) is 0 Å². The van der Waals surface area contributed by atoms with Gasteiger partial charge in [-0.05, 0) is 6.07 Å². The number of nitro groups is 1. The fourth-order valence-electron chi connectivity index (χ4n) is 1.84. The van der Waals surface area contributed by atoms with Gasteiger partial charge in [-0.15, -0.1) is 0 Å². The molecule has 1 aromatic heterocycles. The molecule has 0 atom stereocenters. The van der Waals surface area contributed by atoms with Gasteiger partial charge < -0.3 is 4.52 Å². The number of non-ortho nitro benzene ring substituents is 1. The molecular weight excluding hydrogens is 232 g/mol. The molecule has 0 spiro atoms. The Labute approximate surface area is 102 Å². The zero-order valence-electron chi connectivity index (χ0n) is 9.24. The second-order valence-corrected chi connectivity index (χ2v) is 3.84. The third kappa shape index (κ3) is 1.62. The minimum absolute atomic E-state index is 0.00964. The summed E-state index contributed by atoms with van der Waals surface area (Å²) < 4.78 is 5.26. The van der Waals surface area contributed by atoms with Crippen molar-refractivity contribution in [2.24, 2.45) is 0 Å². The van der Waals surface area contributed by atoms with E-state index in [0.29, 0.717) is 11.3 Å². The van der Waals surface area contributed by atoms with Crippen molar-refractivity contribution >= 4 is 16.6 Å². The number of benzene rings is 2. The van der Waals surface area contributed by atoms with Crippen molar-refractivity contribution in [2.45, 2.75) is 0 Å². The van der Waals surface area contributed by atoms with E-state index in [1.54, 1.807) is 6.07 Å². The second-order valence-electron chi connectivity index (χ2n) is 3.84. The molecule has 5 heteroatoms. The lowest BCUT2D eigenvalue weighted by molar-refractivity contribution is -0.384. The van der Waals surface area contributed by atoms with E-state index in [0.717, 1.165) is 10.9 Å². The first kappa shape index (κ1) is 10.5. The maximum Gasteiger partial charge on any atom is 0.271 e. The monoisotopic (exact) mass is 240 g/mol. The summed E-state index contributed by atoms with van der Waals surface area (Å²) in [7, 11) is 0. The third-order valence-electron chi connectivity index (χ3n) is 2.71. The van der Waals surface area contributed by atoms with Gasteiger partial charge >= 0.3 is 0 Å². The SMILES string of the molecule is O=[N+]([O-])c1ccc2c(-c3ccccc3)onc2c1. The molecule has 0 saturated carbocycles. The molecule has 18 heavy (non-hydrogen) atoms. The smallest absolute Gasteiger partial charge is 0.271 e. The normalized spacial score (nSPS) is 10.7. The van der Waals surface area contributed by atoms with Crippen molar-refractivity contribution in [3.8, 4) is 11.3 Å². The number of hydrogen-bond donors (Lipinski definition) is 0. The lowest BCUT2D eigenvalue weighted by Gasteiger charge is -1.95. The molecule has 0 aliphatic carbocycles. The van der Waals surface area contributed by atoms with Crippen molar-refractivity contribution in [1.82, 2.24) is 5.16 Å². The molecule has 0 fully saturated rings. The summed E-state index contributed by atoms with van der Waals surface area (Å²) in [4.78, 5) is 10.2. The predicted molar refractivity (Wildman–Crippen MR) is 66.1 cm³/mol. The highest BCUT2D eigenvalue weighted by atomic mass is 16.6. The molecule has 0 bridgehead atoms. The lowest BCUT2D eigenvalue weighted by Crippen LogP contribution is -1.86. The molecule has 1 heterocycles. The van der Waals surface area contributed by atoms with E-state index in [-0.39, 0.29) is 5.69 Å². The summed E-state index contributed by atoms with van der Waals surface area (Å²) in [5.74, 6) is 0.625. The number of aromatic nitrogens is 1. The van der Waals surface area contributed by atoms with Crippen LogP contribution in [0.3, 0.4) is 0 Å². The summed E-state index contributed by atoms with van der Waals surface area (Å²) in [6, 6.07) is 14.0. The quantitative estimate of drug-likeness (QED) is 0.508. The Bertz CT molecular complexity index is 719. The predicted octanol–water partition coefficient (Wildman–Crippen LogP) is 3.40. The molecule has 3 aromatic rings. The Morgan fingerprint density at radius 2 is 1.89 bits per heavy atom. The number of hydrogen-bond acceptors (Lipinski definition) is 4. The summed E-state index contributed by atoms with van der Waals surface area (Å²) in [6.07, 6.45) is 0. The van der Waals surface area contributed by atoms with Crippen molar-refractivity contribution in [3.63, 3.8) is 0 Å². The summed E-state index contributed by atoms with van der Waals surface area (Å²) in [5.41, 5.74) is 1.40. The van der Waals surface area contributed by atoms with Crippen LogP contribution in [0.4, 0.5) is 5.69 Å². The first-order valence-electron chi connectivity index (χ1n) is 5.35. The summed E-state index contributed by atoms with van der Waals surface area (Å²) in [5, 5.41) is 15.3. The van der Waals surface area contributed by atoms with Gasteiger partial charge in [0.15, 0.2) is 5.76 Å². The van der Waals surface area contributed by atoms with E-state index in [4.69, 9.17) is 4.52 Å². The minimum atomic E-state index is -0.448. The average Bonchev–Trinajstić information content (AvgIpc) is 2.82. The minimum Gasteiger partial charge on any atom is -0.355 e. The van der Waals surface area contributed by atoms with Gasteiger partial charge in [0.2, 0.25) is 0 Å². The number of nitrogens with zero attached hydrogens (tertiary/aromatic N) is 2. The maximum atomic E-state index is 10.7. The van der Waals surface area contributed by atoms with E-state index in [2.05, 4.69) is 5.16 Å². The molecular formula is C13H8N2O3. The zero-order valence-corrected chi connectivity index (χ0v) is 9.24. The van der Waals surface area contributed by atoms with Crippen molar-refractivity contribution in [2.75, 3.05) is 0 Å². The van der Waals surface area contributed by atoms with Crippen molar-refractivity contribution in [1.29, 1.82) is 0 Å². The van der Waals surface area contributed by atoms with E-state index in [1.165, 1.54) is 12.1 Å². The molecule has 88 valence electrons. The third-order valence-corrected chi connectivity index (χ3v) is 2.71. The fourth-order valence-corrected chi connectivity index (χ4v) is 1.84. The van der Waals surface area contributed by atoms with Crippen LogP contribution in [0.15, 0.2) is 53.1 Å².